The van der Waals surface area contributed by atoms with E-state index in [1.54, 1.807) is 7.11 Å². The molecule has 0 amide bonds. The molecule has 0 rings (SSSR count). The number of nitrogens with zero attached hydrogens (tertiary/aromatic N) is 1. The molecule has 0 radical (unpaired) electrons. The van der Waals surface area contributed by atoms with Gasteiger partial charge in [-0.2, -0.15) is 0 Å². The zero-order chi connectivity index (χ0) is 10.6. The molecule has 0 aliphatic heterocycles. The largest absolute Gasteiger partial charge is 0.383 e. The molecule has 0 aliphatic carbocycles. The van der Waals surface area contributed by atoms with Crippen molar-refractivity contribution in [2.75, 3.05) is 26.8 Å². The van der Waals surface area contributed by atoms with Gasteiger partial charge in [0.15, 0.2) is 5.96 Å². The number of nitrogens with one attached hydrogen (secondary N) is 1. The molecular formula is C10H23N3O. The van der Waals surface area contributed by atoms with E-state index in [0.717, 1.165) is 19.5 Å². The summed E-state index contributed by atoms with van der Waals surface area (Å²) in [5.41, 5.74) is 5.61. The van der Waals surface area contributed by atoms with Gasteiger partial charge in [-0.05, 0) is 6.42 Å². The minimum atomic E-state index is 0.526. The molecule has 0 saturated heterocycles. The molecule has 4 heteroatoms. The minimum absolute atomic E-state index is 0.526. The molecular weight excluding hydrogens is 178 g/mol. The SMILES string of the molecule is CCCCCCN=C(N)NCCOC. The van der Waals surface area contributed by atoms with Crippen molar-refractivity contribution in [2.45, 2.75) is 32.6 Å². The Morgan fingerprint density at radius 3 is 2.79 bits per heavy atom. The zero-order valence-electron chi connectivity index (χ0n) is 9.38. The third-order valence-electron chi connectivity index (χ3n) is 1.91. The Bertz CT molecular complexity index is 148. The van der Waals surface area contributed by atoms with Gasteiger partial charge < -0.3 is 15.8 Å². The molecule has 14 heavy (non-hydrogen) atoms. The maximum Gasteiger partial charge on any atom is 0.188 e. The fourth-order valence-corrected chi connectivity index (χ4v) is 1.08. The average Bonchev–Trinajstić information content (AvgIpc) is 2.18. The van der Waals surface area contributed by atoms with E-state index in [1.807, 2.05) is 0 Å². The van der Waals surface area contributed by atoms with Crippen molar-refractivity contribution < 1.29 is 4.74 Å². The summed E-state index contributed by atoms with van der Waals surface area (Å²) < 4.78 is 4.88. The van der Waals surface area contributed by atoms with Gasteiger partial charge in [-0.1, -0.05) is 26.2 Å². The van der Waals surface area contributed by atoms with Gasteiger partial charge >= 0.3 is 0 Å². The van der Waals surface area contributed by atoms with Crippen LogP contribution in [0.1, 0.15) is 32.6 Å². The van der Waals surface area contributed by atoms with Gasteiger partial charge in [-0.25, -0.2) is 0 Å². The lowest BCUT2D eigenvalue weighted by Crippen LogP contribution is -2.34. The fraction of sp³-hybridized carbons (Fsp3) is 0.900. The van der Waals surface area contributed by atoms with E-state index in [0.29, 0.717) is 12.6 Å². The quantitative estimate of drug-likeness (QED) is 0.351. The van der Waals surface area contributed by atoms with Crippen LogP contribution in [-0.2, 0) is 4.74 Å². The van der Waals surface area contributed by atoms with Crippen molar-refractivity contribution in [3.05, 3.63) is 0 Å². The van der Waals surface area contributed by atoms with E-state index < -0.39 is 0 Å². The van der Waals surface area contributed by atoms with E-state index >= 15 is 0 Å². The monoisotopic (exact) mass is 201 g/mol. The lowest BCUT2D eigenvalue weighted by Gasteiger charge is -2.04. The molecule has 0 saturated carbocycles. The number of unbranched alkanes of at least 4 members (excludes halogenated alkanes) is 3. The number of rotatable bonds is 8. The second kappa shape index (κ2) is 10.3. The Morgan fingerprint density at radius 1 is 1.36 bits per heavy atom. The van der Waals surface area contributed by atoms with Gasteiger partial charge in [0.2, 0.25) is 0 Å². The Labute approximate surface area is 86.9 Å². The normalized spacial score (nSPS) is 11.7. The molecule has 3 N–H and O–H groups in total. The molecule has 0 unspecified atom stereocenters. The van der Waals surface area contributed by atoms with E-state index in [9.17, 15) is 0 Å². The lowest BCUT2D eigenvalue weighted by molar-refractivity contribution is 0.204. The summed E-state index contributed by atoms with van der Waals surface area (Å²) in [5.74, 6) is 0.526. The van der Waals surface area contributed by atoms with Crippen LogP contribution in [0.2, 0.25) is 0 Å². The summed E-state index contributed by atoms with van der Waals surface area (Å²) in [7, 11) is 1.67. The highest BCUT2D eigenvalue weighted by atomic mass is 16.5. The number of nitrogens with two attached hydrogens (primary N) is 1. The summed E-state index contributed by atoms with van der Waals surface area (Å²) in [6.45, 7) is 4.41. The number of hydrogen-bond acceptors (Lipinski definition) is 2. The molecule has 0 fully saturated rings. The fourth-order valence-electron chi connectivity index (χ4n) is 1.08. The van der Waals surface area contributed by atoms with Crippen LogP contribution in [0.5, 0.6) is 0 Å². The van der Waals surface area contributed by atoms with Gasteiger partial charge in [-0.15, -0.1) is 0 Å². The van der Waals surface area contributed by atoms with E-state index in [2.05, 4.69) is 17.2 Å². The molecule has 0 heterocycles. The van der Waals surface area contributed by atoms with Crippen LogP contribution in [0.3, 0.4) is 0 Å². The molecule has 0 aromatic heterocycles. The predicted octanol–water partition coefficient (Wildman–Crippen LogP) is 1.12. The summed E-state index contributed by atoms with van der Waals surface area (Å²) >= 11 is 0. The first-order chi connectivity index (χ1) is 6.81. The first-order valence-electron chi connectivity index (χ1n) is 5.34. The first kappa shape index (κ1) is 13.2. The standard InChI is InChI=1S/C10H23N3O/c1-3-4-5-6-7-12-10(11)13-8-9-14-2/h3-9H2,1-2H3,(H3,11,12,13). The van der Waals surface area contributed by atoms with Crippen molar-refractivity contribution >= 4 is 5.96 Å². The highest BCUT2D eigenvalue weighted by Crippen LogP contribution is 1.98. The van der Waals surface area contributed by atoms with Gasteiger partial charge in [0.05, 0.1) is 6.61 Å². The molecule has 0 bridgehead atoms. The molecule has 0 spiro atoms. The second-order valence-corrected chi connectivity index (χ2v) is 3.25. The molecule has 4 nitrogen and oxygen atoms in total. The Balaban J connectivity index is 3.27. The van der Waals surface area contributed by atoms with Crippen LogP contribution in [-0.4, -0.2) is 32.8 Å². The van der Waals surface area contributed by atoms with Crippen molar-refractivity contribution in [3.8, 4) is 0 Å². The first-order valence-corrected chi connectivity index (χ1v) is 5.34. The van der Waals surface area contributed by atoms with E-state index in [-0.39, 0.29) is 0 Å². The summed E-state index contributed by atoms with van der Waals surface area (Å²) in [5, 5.41) is 2.98. The van der Waals surface area contributed by atoms with Crippen molar-refractivity contribution in [1.82, 2.24) is 5.32 Å². The summed E-state index contributed by atoms with van der Waals surface area (Å²) in [4.78, 5) is 4.20. The Morgan fingerprint density at radius 2 is 2.14 bits per heavy atom. The van der Waals surface area contributed by atoms with Crippen LogP contribution in [0.4, 0.5) is 0 Å². The van der Waals surface area contributed by atoms with Gasteiger partial charge in [-0.3, -0.25) is 4.99 Å². The highest BCUT2D eigenvalue weighted by Gasteiger charge is 1.90. The molecule has 0 atom stereocenters. The van der Waals surface area contributed by atoms with Gasteiger partial charge in [0.1, 0.15) is 0 Å². The number of aliphatic imine (C=N–C) groups is 1. The van der Waals surface area contributed by atoms with Crippen molar-refractivity contribution in [3.63, 3.8) is 0 Å². The third kappa shape index (κ3) is 9.32. The van der Waals surface area contributed by atoms with E-state index in [4.69, 9.17) is 10.5 Å². The van der Waals surface area contributed by atoms with E-state index in [1.165, 1.54) is 19.3 Å². The van der Waals surface area contributed by atoms with Crippen LogP contribution < -0.4 is 11.1 Å². The maximum absolute atomic E-state index is 5.61. The minimum Gasteiger partial charge on any atom is -0.383 e. The van der Waals surface area contributed by atoms with Crippen molar-refractivity contribution in [1.29, 1.82) is 0 Å². The molecule has 0 aromatic carbocycles. The topological polar surface area (TPSA) is 59.6 Å². The summed E-state index contributed by atoms with van der Waals surface area (Å²) in [6.07, 6.45) is 4.91. The molecule has 0 aliphatic rings. The van der Waals surface area contributed by atoms with Gasteiger partial charge in [0.25, 0.3) is 0 Å². The Hall–Kier alpha value is -0.770. The van der Waals surface area contributed by atoms with Gasteiger partial charge in [0, 0.05) is 20.2 Å². The molecule has 0 aromatic rings. The van der Waals surface area contributed by atoms with Crippen molar-refractivity contribution in [2.24, 2.45) is 10.7 Å². The number of methoxy groups -OCH3 is 1. The third-order valence-corrected chi connectivity index (χ3v) is 1.91. The van der Waals surface area contributed by atoms with Crippen LogP contribution in [0, 0.1) is 0 Å². The maximum atomic E-state index is 5.61. The van der Waals surface area contributed by atoms with Crippen LogP contribution >= 0.6 is 0 Å². The zero-order valence-corrected chi connectivity index (χ0v) is 9.38. The van der Waals surface area contributed by atoms with Crippen LogP contribution in [0.25, 0.3) is 0 Å². The number of ether oxygens (including phenoxy) is 1. The summed E-state index contributed by atoms with van der Waals surface area (Å²) in [6, 6.07) is 0. The predicted molar refractivity (Wildman–Crippen MR) is 60.5 cm³/mol. The second-order valence-electron chi connectivity index (χ2n) is 3.25. The van der Waals surface area contributed by atoms with Crippen LogP contribution in [0.15, 0.2) is 4.99 Å². The molecule has 84 valence electrons. The number of guanidine groups is 1. The smallest absolute Gasteiger partial charge is 0.188 e. The highest BCUT2D eigenvalue weighted by molar-refractivity contribution is 5.77. The average molecular weight is 201 g/mol. The Kier molecular flexibility index (Phi) is 9.74. The number of hydrogen-bond donors (Lipinski definition) is 2. The lowest BCUT2D eigenvalue weighted by atomic mass is 10.2.